The van der Waals surface area contributed by atoms with Crippen LogP contribution in [0.5, 0.6) is 0 Å². The normalized spacial score (nSPS) is 10.7. The van der Waals surface area contributed by atoms with Gasteiger partial charge in [-0.25, -0.2) is 0 Å². The third-order valence-corrected chi connectivity index (χ3v) is 2.91. The number of carbonyl (C=O) groups excluding carboxylic acids is 1. The monoisotopic (exact) mass is 282 g/mol. The molecule has 0 spiro atoms. The van der Waals surface area contributed by atoms with Crippen molar-refractivity contribution in [2.45, 2.75) is 6.61 Å². The zero-order chi connectivity index (χ0) is 15.1. The number of carbonyl (C=O) groups is 1. The van der Waals surface area contributed by atoms with E-state index in [4.69, 9.17) is 10.5 Å². The number of rotatable bonds is 5. The fourth-order valence-electron chi connectivity index (χ4n) is 1.93. The Morgan fingerprint density at radius 3 is 2.81 bits per heavy atom. The maximum Gasteiger partial charge on any atom is 0.248 e. The Bertz CT molecular complexity index is 651. The molecule has 0 aliphatic rings. The molecule has 0 aliphatic carbocycles. The smallest absolute Gasteiger partial charge is 0.248 e. The number of hydrogen-bond donors (Lipinski definition) is 2. The van der Waals surface area contributed by atoms with E-state index < -0.39 is 0 Å². The first kappa shape index (κ1) is 14.8. The summed E-state index contributed by atoms with van der Waals surface area (Å²) >= 11 is 0. The van der Waals surface area contributed by atoms with E-state index in [0.29, 0.717) is 12.3 Å². The van der Waals surface area contributed by atoms with Crippen molar-refractivity contribution in [3.8, 4) is 0 Å². The Balaban J connectivity index is 2.05. The molecule has 4 heteroatoms. The van der Waals surface area contributed by atoms with Gasteiger partial charge >= 0.3 is 0 Å². The summed E-state index contributed by atoms with van der Waals surface area (Å²) in [7, 11) is 1.62. The quantitative estimate of drug-likeness (QED) is 0.654. The van der Waals surface area contributed by atoms with Crippen LogP contribution in [0, 0.1) is 0 Å². The second-order valence-corrected chi connectivity index (χ2v) is 4.58. The van der Waals surface area contributed by atoms with Gasteiger partial charge in [-0.3, -0.25) is 4.79 Å². The van der Waals surface area contributed by atoms with Gasteiger partial charge in [0.1, 0.15) is 0 Å². The van der Waals surface area contributed by atoms with Crippen molar-refractivity contribution in [1.29, 1.82) is 0 Å². The lowest BCUT2D eigenvalue weighted by atomic mass is 10.1. The van der Waals surface area contributed by atoms with Crippen molar-refractivity contribution < 1.29 is 9.53 Å². The molecule has 3 N–H and O–H groups in total. The standard InChI is InChI=1S/C17H18N2O2/c1-21-12-14-6-2-3-8-16(14)19-17(20)10-9-13-5-4-7-15(18)11-13/h2-11H,12,18H2,1H3,(H,19,20)/b10-9+. The van der Waals surface area contributed by atoms with E-state index in [1.807, 2.05) is 42.5 Å². The minimum Gasteiger partial charge on any atom is -0.399 e. The summed E-state index contributed by atoms with van der Waals surface area (Å²) in [6, 6.07) is 14.9. The molecule has 0 radical (unpaired) electrons. The fraction of sp³-hybridized carbons (Fsp3) is 0.118. The van der Waals surface area contributed by atoms with Crippen molar-refractivity contribution in [3.05, 3.63) is 65.7 Å². The zero-order valence-electron chi connectivity index (χ0n) is 11.9. The lowest BCUT2D eigenvalue weighted by Crippen LogP contribution is -2.10. The molecule has 0 saturated heterocycles. The van der Waals surface area contributed by atoms with Gasteiger partial charge in [-0.05, 0) is 29.8 Å². The number of amides is 1. The van der Waals surface area contributed by atoms with Crippen molar-refractivity contribution in [2.75, 3.05) is 18.2 Å². The van der Waals surface area contributed by atoms with Crippen molar-refractivity contribution >= 4 is 23.4 Å². The summed E-state index contributed by atoms with van der Waals surface area (Å²) in [6.45, 7) is 0.454. The molecule has 1 amide bonds. The lowest BCUT2D eigenvalue weighted by Gasteiger charge is -2.08. The highest BCUT2D eigenvalue weighted by Gasteiger charge is 2.03. The third kappa shape index (κ3) is 4.47. The Morgan fingerprint density at radius 2 is 2.05 bits per heavy atom. The van der Waals surface area contributed by atoms with Crippen LogP contribution in [0.3, 0.4) is 0 Å². The van der Waals surface area contributed by atoms with E-state index in [1.54, 1.807) is 19.3 Å². The number of nitrogen functional groups attached to an aromatic ring is 1. The van der Waals surface area contributed by atoms with Gasteiger partial charge in [0.15, 0.2) is 0 Å². The van der Waals surface area contributed by atoms with Crippen LogP contribution in [0.25, 0.3) is 6.08 Å². The van der Waals surface area contributed by atoms with Crippen molar-refractivity contribution in [3.63, 3.8) is 0 Å². The van der Waals surface area contributed by atoms with E-state index in [2.05, 4.69) is 5.32 Å². The van der Waals surface area contributed by atoms with E-state index in [9.17, 15) is 4.79 Å². The molecule has 21 heavy (non-hydrogen) atoms. The summed E-state index contributed by atoms with van der Waals surface area (Å²) in [5, 5.41) is 2.84. The average molecular weight is 282 g/mol. The van der Waals surface area contributed by atoms with E-state index in [0.717, 1.165) is 16.8 Å². The summed E-state index contributed by atoms with van der Waals surface area (Å²) in [5.41, 5.74) is 8.93. The molecular weight excluding hydrogens is 264 g/mol. The molecule has 0 fully saturated rings. The Kier molecular flexibility index (Phi) is 5.12. The van der Waals surface area contributed by atoms with Crippen LogP contribution in [0.15, 0.2) is 54.6 Å². The molecule has 108 valence electrons. The fourth-order valence-corrected chi connectivity index (χ4v) is 1.93. The van der Waals surface area contributed by atoms with Crippen LogP contribution in [0.2, 0.25) is 0 Å². The minimum absolute atomic E-state index is 0.194. The van der Waals surface area contributed by atoms with E-state index >= 15 is 0 Å². The van der Waals surface area contributed by atoms with Gasteiger partial charge in [-0.1, -0.05) is 30.3 Å². The van der Waals surface area contributed by atoms with Crippen LogP contribution in [-0.4, -0.2) is 13.0 Å². The molecule has 0 bridgehead atoms. The molecule has 0 aromatic heterocycles. The van der Waals surface area contributed by atoms with Crippen LogP contribution >= 0.6 is 0 Å². The first-order valence-electron chi connectivity index (χ1n) is 6.60. The third-order valence-electron chi connectivity index (χ3n) is 2.91. The molecule has 0 saturated carbocycles. The molecule has 2 aromatic rings. The summed E-state index contributed by atoms with van der Waals surface area (Å²) in [4.78, 5) is 12.0. The lowest BCUT2D eigenvalue weighted by molar-refractivity contribution is -0.111. The maximum atomic E-state index is 12.0. The van der Waals surface area contributed by atoms with Gasteiger partial charge < -0.3 is 15.8 Å². The molecule has 4 nitrogen and oxygen atoms in total. The SMILES string of the molecule is COCc1ccccc1NC(=O)/C=C/c1cccc(N)c1. The zero-order valence-corrected chi connectivity index (χ0v) is 11.9. The molecule has 0 heterocycles. The van der Waals surface area contributed by atoms with Gasteiger partial charge in [0.2, 0.25) is 5.91 Å². The number of nitrogens with one attached hydrogen (secondary N) is 1. The number of methoxy groups -OCH3 is 1. The Labute approximate surface area is 124 Å². The van der Waals surface area contributed by atoms with Gasteiger partial charge in [0, 0.05) is 30.1 Å². The minimum atomic E-state index is -0.194. The van der Waals surface area contributed by atoms with E-state index in [1.165, 1.54) is 6.08 Å². The molecule has 0 aliphatic heterocycles. The van der Waals surface area contributed by atoms with Gasteiger partial charge in [-0.15, -0.1) is 0 Å². The average Bonchev–Trinajstić information content (AvgIpc) is 2.48. The molecule has 2 rings (SSSR count). The molecule has 2 aromatic carbocycles. The Morgan fingerprint density at radius 1 is 1.24 bits per heavy atom. The van der Waals surface area contributed by atoms with Crippen LogP contribution in [-0.2, 0) is 16.1 Å². The number of nitrogens with two attached hydrogens (primary N) is 1. The number of para-hydroxylation sites is 1. The van der Waals surface area contributed by atoms with Crippen LogP contribution < -0.4 is 11.1 Å². The van der Waals surface area contributed by atoms with Crippen LogP contribution in [0.4, 0.5) is 11.4 Å². The maximum absolute atomic E-state index is 12.0. The summed E-state index contributed by atoms with van der Waals surface area (Å²) in [5.74, 6) is -0.194. The summed E-state index contributed by atoms with van der Waals surface area (Å²) in [6.07, 6.45) is 3.21. The first-order chi connectivity index (χ1) is 10.2. The number of hydrogen-bond acceptors (Lipinski definition) is 3. The van der Waals surface area contributed by atoms with Gasteiger partial charge in [0.25, 0.3) is 0 Å². The molecule has 0 unspecified atom stereocenters. The van der Waals surface area contributed by atoms with Gasteiger partial charge in [-0.2, -0.15) is 0 Å². The van der Waals surface area contributed by atoms with Gasteiger partial charge in [0.05, 0.1) is 6.61 Å². The largest absolute Gasteiger partial charge is 0.399 e. The highest BCUT2D eigenvalue weighted by molar-refractivity contribution is 6.02. The summed E-state index contributed by atoms with van der Waals surface area (Å²) < 4.78 is 5.11. The number of benzene rings is 2. The second kappa shape index (κ2) is 7.26. The van der Waals surface area contributed by atoms with Crippen molar-refractivity contribution in [1.82, 2.24) is 0 Å². The predicted molar refractivity (Wildman–Crippen MR) is 85.7 cm³/mol. The highest BCUT2D eigenvalue weighted by Crippen LogP contribution is 2.16. The van der Waals surface area contributed by atoms with Crippen molar-refractivity contribution in [2.24, 2.45) is 0 Å². The molecular formula is C17H18N2O2. The topological polar surface area (TPSA) is 64.3 Å². The van der Waals surface area contributed by atoms with E-state index in [-0.39, 0.29) is 5.91 Å². The predicted octanol–water partition coefficient (Wildman–Crippen LogP) is 3.07. The second-order valence-electron chi connectivity index (χ2n) is 4.58. The number of ether oxygens (including phenoxy) is 1. The number of anilines is 2. The first-order valence-corrected chi connectivity index (χ1v) is 6.60. The Hall–Kier alpha value is -2.59. The van der Waals surface area contributed by atoms with Crippen LogP contribution in [0.1, 0.15) is 11.1 Å². The highest BCUT2D eigenvalue weighted by atomic mass is 16.5. The molecule has 0 atom stereocenters.